The van der Waals surface area contributed by atoms with E-state index >= 15 is 0 Å². The second kappa shape index (κ2) is 6.58. The average molecular weight is 366 g/mol. The average Bonchev–Trinajstić information content (AvgIpc) is 3.18. The third kappa shape index (κ3) is 2.66. The molecule has 0 radical (unpaired) electrons. The molecule has 0 aliphatic heterocycles. The normalized spacial score (nSPS) is 13.2. The molecular formula is C26H21NO. The van der Waals surface area contributed by atoms with E-state index in [0.717, 1.165) is 44.4 Å². The van der Waals surface area contributed by atoms with Crippen molar-refractivity contribution in [3.63, 3.8) is 0 Å². The molecule has 1 heterocycles. The van der Waals surface area contributed by atoms with Gasteiger partial charge in [0.1, 0.15) is 5.58 Å². The summed E-state index contributed by atoms with van der Waals surface area (Å²) in [7, 11) is 1.96. The van der Waals surface area contributed by atoms with Crippen LogP contribution in [0.1, 0.15) is 9.68 Å². The van der Waals surface area contributed by atoms with Crippen LogP contribution < -0.4 is 4.90 Å². The number of fused-ring (bicyclic) bond motifs is 3. The fourth-order valence-corrected chi connectivity index (χ4v) is 3.74. The Kier molecular flexibility index (Phi) is 3.20. The van der Waals surface area contributed by atoms with Crippen LogP contribution >= 0.6 is 0 Å². The summed E-state index contributed by atoms with van der Waals surface area (Å²) in [6, 6.07) is 29.6. The maximum Gasteiger partial charge on any atom is 0.159 e. The van der Waals surface area contributed by atoms with Crippen LogP contribution in [0.4, 0.5) is 11.4 Å². The molecule has 0 atom stereocenters. The smallest absolute Gasteiger partial charge is 0.159 e. The predicted octanol–water partition coefficient (Wildman–Crippen LogP) is 7.33. The monoisotopic (exact) mass is 366 g/mol. The first-order valence-electron chi connectivity index (χ1n) is 10.8. The zero-order valence-electron chi connectivity index (χ0n) is 18.5. The lowest BCUT2D eigenvalue weighted by molar-refractivity contribution is 0.669. The summed E-state index contributed by atoms with van der Waals surface area (Å²) >= 11 is 0. The Morgan fingerprint density at radius 3 is 2.18 bits per heavy atom. The first-order chi connectivity index (χ1) is 14.9. The van der Waals surface area contributed by atoms with E-state index in [-0.39, 0.29) is 0 Å². The third-order valence-corrected chi connectivity index (χ3v) is 5.20. The fourth-order valence-electron chi connectivity index (χ4n) is 3.74. The van der Waals surface area contributed by atoms with Gasteiger partial charge in [-0.25, -0.2) is 0 Å². The molecule has 4 aromatic carbocycles. The highest BCUT2D eigenvalue weighted by Gasteiger charge is 2.16. The molecule has 2 nitrogen and oxygen atoms in total. The maximum atomic E-state index is 7.58. The highest BCUT2D eigenvalue weighted by atomic mass is 16.3. The Labute approximate surface area is 168 Å². The number of furan rings is 1. The van der Waals surface area contributed by atoms with Crippen molar-refractivity contribution in [1.29, 1.82) is 0 Å². The standard InChI is InChI=1S/C26H21NO/c1-18-14-16-20(17-15-18)27(2)24-13-7-12-23-22-11-6-10-21(25(22)28-26(23)24)19-8-4-3-5-9-19/h3-17H,1-2H3/i1D3. The van der Waals surface area contributed by atoms with E-state index in [1.165, 1.54) is 0 Å². The molecule has 0 bridgehead atoms. The minimum Gasteiger partial charge on any atom is -0.453 e. The minimum absolute atomic E-state index is 0.332. The van der Waals surface area contributed by atoms with Gasteiger partial charge in [0.25, 0.3) is 0 Å². The molecule has 0 aliphatic carbocycles. The lowest BCUT2D eigenvalue weighted by Gasteiger charge is -2.19. The SMILES string of the molecule is [2H]C([2H])([2H])c1ccc(N(C)c2cccc3c2oc2c(-c4ccccc4)cccc23)cc1. The quantitative estimate of drug-likeness (QED) is 0.332. The van der Waals surface area contributed by atoms with Crippen LogP contribution in [0.2, 0.25) is 0 Å². The van der Waals surface area contributed by atoms with Crippen molar-refractivity contribution in [2.75, 3.05) is 11.9 Å². The Bertz CT molecular complexity index is 1370. The largest absolute Gasteiger partial charge is 0.453 e. The van der Waals surface area contributed by atoms with Crippen molar-refractivity contribution >= 4 is 33.3 Å². The number of aryl methyl sites for hydroxylation is 1. The van der Waals surface area contributed by atoms with Crippen LogP contribution in [0.25, 0.3) is 33.1 Å². The maximum absolute atomic E-state index is 7.58. The number of rotatable bonds is 3. The molecule has 0 spiro atoms. The van der Waals surface area contributed by atoms with Gasteiger partial charge in [0.2, 0.25) is 0 Å². The molecule has 1 aromatic heterocycles. The molecule has 0 fully saturated rings. The topological polar surface area (TPSA) is 16.4 Å². The van der Waals surface area contributed by atoms with Gasteiger partial charge in [-0.05, 0) is 30.6 Å². The van der Waals surface area contributed by atoms with Gasteiger partial charge in [0.05, 0.1) is 5.69 Å². The van der Waals surface area contributed by atoms with Gasteiger partial charge in [-0.1, -0.05) is 78.4 Å². The van der Waals surface area contributed by atoms with E-state index in [9.17, 15) is 0 Å². The van der Waals surface area contributed by atoms with Gasteiger partial charge in [-0.15, -0.1) is 0 Å². The molecule has 136 valence electrons. The van der Waals surface area contributed by atoms with Crippen LogP contribution in [-0.4, -0.2) is 7.05 Å². The molecular weight excluding hydrogens is 342 g/mol. The summed E-state index contributed by atoms with van der Waals surface area (Å²) in [6.07, 6.45) is 0. The molecule has 5 aromatic rings. The van der Waals surface area contributed by atoms with E-state index in [1.807, 2.05) is 54.4 Å². The first-order valence-corrected chi connectivity index (χ1v) is 9.27. The van der Waals surface area contributed by atoms with Crippen molar-refractivity contribution in [3.05, 3.63) is 96.6 Å². The van der Waals surface area contributed by atoms with Gasteiger partial charge in [-0.3, -0.25) is 0 Å². The molecule has 0 N–H and O–H groups in total. The van der Waals surface area contributed by atoms with Crippen LogP contribution in [0.5, 0.6) is 0 Å². The van der Waals surface area contributed by atoms with E-state index < -0.39 is 6.85 Å². The molecule has 0 saturated heterocycles. The van der Waals surface area contributed by atoms with Crippen LogP contribution in [-0.2, 0) is 0 Å². The van der Waals surface area contributed by atoms with Gasteiger partial charge >= 0.3 is 0 Å². The summed E-state index contributed by atoms with van der Waals surface area (Å²) in [5.74, 6) is 0. The lowest BCUT2D eigenvalue weighted by atomic mass is 10.0. The number of para-hydroxylation sites is 2. The summed E-state index contributed by atoms with van der Waals surface area (Å²) < 4.78 is 29.2. The van der Waals surface area contributed by atoms with E-state index in [2.05, 4.69) is 36.4 Å². The summed E-state index contributed by atoms with van der Waals surface area (Å²) in [6.45, 7) is -2.11. The molecule has 0 amide bonds. The Balaban J connectivity index is 1.65. The predicted molar refractivity (Wildman–Crippen MR) is 118 cm³/mol. The molecule has 28 heavy (non-hydrogen) atoms. The minimum atomic E-state index is -2.11. The number of hydrogen-bond donors (Lipinski definition) is 0. The molecule has 5 rings (SSSR count). The van der Waals surface area contributed by atoms with E-state index in [4.69, 9.17) is 8.53 Å². The zero-order chi connectivity index (χ0) is 21.6. The van der Waals surface area contributed by atoms with Crippen molar-refractivity contribution in [2.45, 2.75) is 6.85 Å². The van der Waals surface area contributed by atoms with Crippen LogP contribution in [0.15, 0.2) is 95.4 Å². The van der Waals surface area contributed by atoms with E-state index in [0.29, 0.717) is 5.56 Å². The molecule has 0 saturated carbocycles. The van der Waals surface area contributed by atoms with Crippen molar-refractivity contribution < 1.29 is 8.53 Å². The van der Waals surface area contributed by atoms with Crippen molar-refractivity contribution in [3.8, 4) is 11.1 Å². The van der Waals surface area contributed by atoms with Gasteiger partial charge in [0, 0.05) is 33.2 Å². The highest BCUT2D eigenvalue weighted by Crippen LogP contribution is 2.40. The Hall–Kier alpha value is -3.52. The second-order valence-corrected chi connectivity index (χ2v) is 6.91. The van der Waals surface area contributed by atoms with Crippen LogP contribution in [0, 0.1) is 6.85 Å². The van der Waals surface area contributed by atoms with Gasteiger partial charge < -0.3 is 9.32 Å². The van der Waals surface area contributed by atoms with Gasteiger partial charge in [0.15, 0.2) is 5.58 Å². The van der Waals surface area contributed by atoms with Gasteiger partial charge in [-0.2, -0.15) is 0 Å². The number of benzene rings is 4. The molecule has 2 heteroatoms. The van der Waals surface area contributed by atoms with E-state index in [1.54, 1.807) is 12.1 Å². The summed E-state index contributed by atoms with van der Waals surface area (Å²) in [5.41, 5.74) is 6.00. The Morgan fingerprint density at radius 1 is 0.714 bits per heavy atom. The molecule has 0 unspecified atom stereocenters. The molecule has 0 aliphatic rings. The summed E-state index contributed by atoms with van der Waals surface area (Å²) in [5, 5.41) is 2.13. The number of anilines is 2. The van der Waals surface area contributed by atoms with Crippen molar-refractivity contribution in [1.82, 2.24) is 0 Å². The lowest BCUT2D eigenvalue weighted by Crippen LogP contribution is -2.09. The highest BCUT2D eigenvalue weighted by molar-refractivity contribution is 6.12. The van der Waals surface area contributed by atoms with Crippen LogP contribution in [0.3, 0.4) is 0 Å². The third-order valence-electron chi connectivity index (χ3n) is 5.20. The van der Waals surface area contributed by atoms with Crippen molar-refractivity contribution in [2.24, 2.45) is 0 Å². The fraction of sp³-hybridized carbons (Fsp3) is 0.0769. The number of hydrogen-bond acceptors (Lipinski definition) is 2. The number of nitrogens with zero attached hydrogens (tertiary/aromatic N) is 1. The second-order valence-electron chi connectivity index (χ2n) is 6.91. The summed E-state index contributed by atoms with van der Waals surface area (Å²) in [4.78, 5) is 2.02. The first kappa shape index (κ1) is 13.6. The zero-order valence-corrected chi connectivity index (χ0v) is 15.5. The Morgan fingerprint density at radius 2 is 1.43 bits per heavy atom.